The van der Waals surface area contributed by atoms with Crippen LogP contribution in [0.4, 0.5) is 0 Å². The number of carbonyl (C=O) groups is 1. The number of pyridine rings is 1. The Morgan fingerprint density at radius 3 is 2.68 bits per heavy atom. The zero-order chi connectivity index (χ0) is 21.4. The number of hydrogen-bond donors (Lipinski definition) is 0. The Morgan fingerprint density at radius 2 is 1.94 bits per heavy atom. The van der Waals surface area contributed by atoms with Crippen LogP contribution in [0.25, 0.3) is 16.9 Å². The number of likely N-dealkylation sites (N-methyl/N-ethyl adjacent to an activating group) is 1. The molecule has 0 N–H and O–H groups in total. The second kappa shape index (κ2) is 7.92. The number of methoxy groups -OCH3 is 1. The van der Waals surface area contributed by atoms with Crippen molar-refractivity contribution in [3.8, 4) is 17.0 Å². The Bertz CT molecular complexity index is 1200. The number of ether oxygens (including phenoxy) is 1. The van der Waals surface area contributed by atoms with Gasteiger partial charge < -0.3 is 14.1 Å². The number of carbonyl (C=O) groups excluding carboxylic acids is 1. The summed E-state index contributed by atoms with van der Waals surface area (Å²) in [6.45, 7) is 2.01. The van der Waals surface area contributed by atoms with Gasteiger partial charge in [0, 0.05) is 25.8 Å². The molecule has 1 saturated heterocycles. The van der Waals surface area contributed by atoms with Crippen LogP contribution in [0.5, 0.6) is 5.75 Å². The Labute approximate surface area is 180 Å². The predicted molar refractivity (Wildman–Crippen MR) is 117 cm³/mol. The third-order valence-electron chi connectivity index (χ3n) is 5.91. The minimum absolute atomic E-state index is 0.0104. The molecule has 31 heavy (non-hydrogen) atoms. The van der Waals surface area contributed by atoms with Crippen LogP contribution in [0.1, 0.15) is 22.3 Å². The van der Waals surface area contributed by atoms with Gasteiger partial charge in [-0.15, -0.1) is 0 Å². The van der Waals surface area contributed by atoms with Crippen molar-refractivity contribution in [2.75, 3.05) is 33.8 Å². The molecular formula is C24H24N4O3. The van der Waals surface area contributed by atoms with Crippen LogP contribution >= 0.6 is 0 Å². The summed E-state index contributed by atoms with van der Waals surface area (Å²) in [7, 11) is 3.74. The molecule has 7 heteroatoms. The number of nitrogens with zero attached hydrogens (tertiary/aromatic N) is 4. The molecule has 4 heterocycles. The molecule has 0 bridgehead atoms. The lowest BCUT2D eigenvalue weighted by Crippen LogP contribution is -2.49. The molecular weight excluding hydrogens is 392 g/mol. The SMILES string of the molecule is COc1ccc(-c2cccc3nc(C4CN(C(=O)c5ccco5)CCN4C)cn23)cc1. The summed E-state index contributed by atoms with van der Waals surface area (Å²) in [6.07, 6.45) is 3.61. The van der Waals surface area contributed by atoms with Gasteiger partial charge in [0.05, 0.1) is 30.8 Å². The molecule has 1 aliphatic rings. The maximum atomic E-state index is 12.8. The zero-order valence-electron chi connectivity index (χ0n) is 17.6. The highest BCUT2D eigenvalue weighted by Crippen LogP contribution is 2.28. The Kier molecular flexibility index (Phi) is 4.95. The lowest BCUT2D eigenvalue weighted by molar-refractivity contribution is 0.0512. The van der Waals surface area contributed by atoms with E-state index in [1.807, 2.05) is 41.3 Å². The van der Waals surface area contributed by atoms with Crippen LogP contribution in [-0.4, -0.2) is 58.9 Å². The highest BCUT2D eigenvalue weighted by Gasteiger charge is 2.31. The molecule has 0 saturated carbocycles. The van der Waals surface area contributed by atoms with E-state index in [1.54, 1.807) is 19.2 Å². The van der Waals surface area contributed by atoms with Crippen molar-refractivity contribution in [2.45, 2.75) is 6.04 Å². The molecule has 1 atom stereocenters. The van der Waals surface area contributed by atoms with E-state index >= 15 is 0 Å². The fraction of sp³-hybridized carbons (Fsp3) is 0.250. The quantitative estimate of drug-likeness (QED) is 0.507. The third kappa shape index (κ3) is 3.57. The van der Waals surface area contributed by atoms with Crippen molar-refractivity contribution in [2.24, 2.45) is 0 Å². The molecule has 4 aromatic rings. The second-order valence-corrected chi connectivity index (χ2v) is 7.76. The molecule has 1 aliphatic heterocycles. The first-order chi connectivity index (χ1) is 15.1. The summed E-state index contributed by atoms with van der Waals surface area (Å²) in [5.74, 6) is 1.12. The standard InChI is InChI=1S/C24H24N4O3/c1-26-12-13-27(24(29)22-6-4-14-31-22)16-21(26)19-15-28-20(5-3-7-23(28)25-19)17-8-10-18(30-2)11-9-17/h3-11,14-15,21H,12-13,16H2,1-2H3. The molecule has 1 amide bonds. The Hall–Kier alpha value is -3.58. The number of furan rings is 1. The van der Waals surface area contributed by atoms with Gasteiger partial charge >= 0.3 is 0 Å². The van der Waals surface area contributed by atoms with E-state index in [9.17, 15) is 4.79 Å². The fourth-order valence-electron chi connectivity index (χ4n) is 4.12. The summed E-state index contributed by atoms with van der Waals surface area (Å²) >= 11 is 0. The smallest absolute Gasteiger partial charge is 0.289 e. The maximum absolute atomic E-state index is 12.8. The monoisotopic (exact) mass is 416 g/mol. The molecule has 3 aromatic heterocycles. The first-order valence-corrected chi connectivity index (χ1v) is 10.3. The number of rotatable bonds is 4. The van der Waals surface area contributed by atoms with Crippen LogP contribution in [0.2, 0.25) is 0 Å². The van der Waals surface area contributed by atoms with Crippen molar-refractivity contribution < 1.29 is 13.9 Å². The molecule has 0 spiro atoms. The fourth-order valence-corrected chi connectivity index (χ4v) is 4.12. The Balaban J connectivity index is 1.47. The number of amides is 1. The average molecular weight is 416 g/mol. The van der Waals surface area contributed by atoms with Crippen LogP contribution in [0.15, 0.2) is 71.5 Å². The predicted octanol–water partition coefficient (Wildman–Crippen LogP) is 3.73. The van der Waals surface area contributed by atoms with Crippen molar-refractivity contribution in [1.29, 1.82) is 0 Å². The highest BCUT2D eigenvalue weighted by atomic mass is 16.5. The molecule has 1 unspecified atom stereocenters. The molecule has 0 radical (unpaired) electrons. The highest BCUT2D eigenvalue weighted by molar-refractivity contribution is 5.91. The summed E-state index contributed by atoms with van der Waals surface area (Å²) in [5.41, 5.74) is 3.97. The lowest BCUT2D eigenvalue weighted by atomic mass is 10.1. The zero-order valence-corrected chi connectivity index (χ0v) is 17.6. The average Bonchev–Trinajstić information content (AvgIpc) is 3.49. The normalized spacial score (nSPS) is 17.2. The molecule has 1 fully saturated rings. The van der Waals surface area contributed by atoms with Gasteiger partial charge in [-0.1, -0.05) is 6.07 Å². The third-order valence-corrected chi connectivity index (χ3v) is 5.91. The van der Waals surface area contributed by atoms with Crippen LogP contribution < -0.4 is 4.74 Å². The minimum atomic E-state index is -0.0780. The van der Waals surface area contributed by atoms with E-state index in [0.717, 1.165) is 34.9 Å². The van der Waals surface area contributed by atoms with Crippen molar-refractivity contribution >= 4 is 11.6 Å². The Morgan fingerprint density at radius 1 is 1.10 bits per heavy atom. The van der Waals surface area contributed by atoms with Gasteiger partial charge in [-0.3, -0.25) is 14.1 Å². The second-order valence-electron chi connectivity index (χ2n) is 7.76. The lowest BCUT2D eigenvalue weighted by Gasteiger charge is -2.38. The number of piperazine rings is 1. The van der Waals surface area contributed by atoms with Crippen molar-refractivity contribution in [3.05, 3.63) is 78.5 Å². The summed E-state index contributed by atoms with van der Waals surface area (Å²) in [4.78, 5) is 21.8. The molecule has 5 rings (SSSR count). The van der Waals surface area contributed by atoms with E-state index in [1.165, 1.54) is 6.26 Å². The van der Waals surface area contributed by atoms with Crippen molar-refractivity contribution in [1.82, 2.24) is 19.2 Å². The van der Waals surface area contributed by atoms with E-state index in [2.05, 4.69) is 28.6 Å². The van der Waals surface area contributed by atoms with Gasteiger partial charge in [-0.05, 0) is 61.1 Å². The molecule has 1 aromatic carbocycles. The van der Waals surface area contributed by atoms with Crippen molar-refractivity contribution in [3.63, 3.8) is 0 Å². The van der Waals surface area contributed by atoms with Crippen LogP contribution in [-0.2, 0) is 0 Å². The largest absolute Gasteiger partial charge is 0.497 e. The van der Waals surface area contributed by atoms with Crippen LogP contribution in [0, 0.1) is 0 Å². The van der Waals surface area contributed by atoms with Gasteiger partial charge in [0.2, 0.25) is 0 Å². The summed E-state index contributed by atoms with van der Waals surface area (Å²) in [5, 5.41) is 0. The van der Waals surface area contributed by atoms with Crippen LogP contribution in [0.3, 0.4) is 0 Å². The van der Waals surface area contributed by atoms with Gasteiger partial charge in [0.25, 0.3) is 5.91 Å². The number of hydrogen-bond acceptors (Lipinski definition) is 5. The number of aromatic nitrogens is 2. The molecule has 158 valence electrons. The molecule has 7 nitrogen and oxygen atoms in total. The maximum Gasteiger partial charge on any atom is 0.289 e. The topological polar surface area (TPSA) is 63.2 Å². The minimum Gasteiger partial charge on any atom is -0.497 e. The van der Waals surface area contributed by atoms with Gasteiger partial charge in [-0.2, -0.15) is 0 Å². The molecule has 0 aliphatic carbocycles. The van der Waals surface area contributed by atoms with E-state index < -0.39 is 0 Å². The first kappa shape index (κ1) is 19.4. The van der Waals surface area contributed by atoms with E-state index in [0.29, 0.717) is 18.8 Å². The van der Waals surface area contributed by atoms with E-state index in [-0.39, 0.29) is 11.9 Å². The number of fused-ring (bicyclic) bond motifs is 1. The van der Waals surface area contributed by atoms with E-state index in [4.69, 9.17) is 14.1 Å². The van der Waals surface area contributed by atoms with Gasteiger partial charge in [-0.25, -0.2) is 4.98 Å². The first-order valence-electron chi connectivity index (χ1n) is 10.3. The van der Waals surface area contributed by atoms with Gasteiger partial charge in [0.15, 0.2) is 5.76 Å². The summed E-state index contributed by atoms with van der Waals surface area (Å²) < 4.78 is 12.7. The summed E-state index contributed by atoms with van der Waals surface area (Å²) in [6, 6.07) is 17.6. The van der Waals surface area contributed by atoms with Gasteiger partial charge in [0.1, 0.15) is 11.4 Å². The number of benzene rings is 1. The number of imidazole rings is 1.